The molecule has 1 aromatic carbocycles. The third-order valence-corrected chi connectivity index (χ3v) is 3.44. The summed E-state index contributed by atoms with van der Waals surface area (Å²) in [7, 11) is 1.63. The molecule has 0 spiro atoms. The molecule has 5 heteroatoms. The number of rotatable bonds is 6. The van der Waals surface area contributed by atoms with Gasteiger partial charge in [-0.3, -0.25) is 4.98 Å². The summed E-state index contributed by atoms with van der Waals surface area (Å²) in [6, 6.07) is 13.4. The van der Waals surface area contributed by atoms with Crippen LogP contribution in [0.3, 0.4) is 0 Å². The fraction of sp³-hybridized carbons (Fsp3) is 0.294. The number of urea groups is 1. The first kappa shape index (κ1) is 16.0. The minimum absolute atomic E-state index is 0.163. The van der Waals surface area contributed by atoms with Crippen molar-refractivity contribution in [3.8, 4) is 0 Å². The predicted molar refractivity (Wildman–Crippen MR) is 85.4 cm³/mol. The number of ether oxygens (including phenoxy) is 1. The number of nitrogens with one attached hydrogen (secondary N) is 2. The van der Waals surface area contributed by atoms with Gasteiger partial charge in [0.15, 0.2) is 0 Å². The minimum atomic E-state index is -0.233. The van der Waals surface area contributed by atoms with E-state index in [-0.39, 0.29) is 12.1 Å². The molecular formula is C17H21N3O2. The highest BCUT2D eigenvalue weighted by atomic mass is 16.5. The molecule has 22 heavy (non-hydrogen) atoms. The summed E-state index contributed by atoms with van der Waals surface area (Å²) in [5.74, 6) is 0. The van der Waals surface area contributed by atoms with Gasteiger partial charge in [0, 0.05) is 19.9 Å². The Kier molecular flexibility index (Phi) is 5.91. The molecule has 0 bridgehead atoms. The smallest absolute Gasteiger partial charge is 0.315 e. The summed E-state index contributed by atoms with van der Waals surface area (Å²) in [5.41, 5.74) is 2.96. The van der Waals surface area contributed by atoms with E-state index < -0.39 is 0 Å². The molecule has 2 amide bonds. The summed E-state index contributed by atoms with van der Waals surface area (Å²) in [4.78, 5) is 16.1. The van der Waals surface area contributed by atoms with Crippen LogP contribution in [0.25, 0.3) is 0 Å². The molecule has 0 aliphatic carbocycles. The van der Waals surface area contributed by atoms with Crippen LogP contribution in [0, 0.1) is 6.92 Å². The van der Waals surface area contributed by atoms with Crippen molar-refractivity contribution >= 4 is 6.03 Å². The molecule has 2 aromatic rings. The van der Waals surface area contributed by atoms with Crippen LogP contribution in [0.2, 0.25) is 0 Å². The molecule has 0 aliphatic heterocycles. The number of carbonyl (C=O) groups is 1. The van der Waals surface area contributed by atoms with E-state index in [4.69, 9.17) is 4.74 Å². The molecule has 116 valence electrons. The van der Waals surface area contributed by atoms with E-state index in [0.29, 0.717) is 13.1 Å². The first-order chi connectivity index (χ1) is 10.7. The number of amides is 2. The number of pyridine rings is 1. The number of methoxy groups -OCH3 is 1. The van der Waals surface area contributed by atoms with Crippen molar-refractivity contribution in [2.75, 3.05) is 13.7 Å². The molecule has 0 unspecified atom stereocenters. The largest absolute Gasteiger partial charge is 0.375 e. The van der Waals surface area contributed by atoms with Gasteiger partial charge in [0.2, 0.25) is 0 Å². The third kappa shape index (κ3) is 4.56. The molecule has 0 saturated carbocycles. The van der Waals surface area contributed by atoms with E-state index >= 15 is 0 Å². The maximum atomic E-state index is 11.9. The lowest BCUT2D eigenvalue weighted by atomic mass is 10.1. The zero-order valence-electron chi connectivity index (χ0n) is 12.9. The Morgan fingerprint density at radius 2 is 1.95 bits per heavy atom. The molecular weight excluding hydrogens is 278 g/mol. The molecule has 0 aliphatic rings. The number of aryl methyl sites for hydroxylation is 1. The molecule has 5 nitrogen and oxygen atoms in total. The van der Waals surface area contributed by atoms with Crippen LogP contribution in [-0.4, -0.2) is 24.7 Å². The van der Waals surface area contributed by atoms with Gasteiger partial charge in [-0.05, 0) is 24.1 Å². The molecule has 2 N–H and O–H groups in total. The summed E-state index contributed by atoms with van der Waals surface area (Å²) in [5, 5.41) is 5.62. The Morgan fingerprint density at radius 1 is 1.18 bits per heavy atom. The fourth-order valence-electron chi connectivity index (χ4n) is 2.12. The second kappa shape index (κ2) is 8.14. The van der Waals surface area contributed by atoms with Crippen LogP contribution in [-0.2, 0) is 11.3 Å². The zero-order valence-corrected chi connectivity index (χ0v) is 12.9. The lowest BCUT2D eigenvalue weighted by Crippen LogP contribution is -2.38. The van der Waals surface area contributed by atoms with Gasteiger partial charge in [0.25, 0.3) is 0 Å². The van der Waals surface area contributed by atoms with Gasteiger partial charge in [-0.1, -0.05) is 36.4 Å². The van der Waals surface area contributed by atoms with Crippen LogP contribution in [0.4, 0.5) is 4.79 Å². The maximum Gasteiger partial charge on any atom is 0.315 e. The quantitative estimate of drug-likeness (QED) is 0.861. The lowest BCUT2D eigenvalue weighted by Gasteiger charge is -2.17. The van der Waals surface area contributed by atoms with Crippen LogP contribution < -0.4 is 10.6 Å². The SMILES string of the molecule is CO[C@@H](CNC(=O)NCc1ncccc1C)c1ccccc1. The van der Waals surface area contributed by atoms with E-state index in [1.165, 1.54) is 0 Å². The minimum Gasteiger partial charge on any atom is -0.375 e. The molecule has 0 radical (unpaired) electrons. The Hall–Kier alpha value is -2.40. The van der Waals surface area contributed by atoms with Crippen molar-refractivity contribution in [3.63, 3.8) is 0 Å². The number of aromatic nitrogens is 1. The van der Waals surface area contributed by atoms with Crippen molar-refractivity contribution in [3.05, 3.63) is 65.5 Å². The van der Waals surface area contributed by atoms with Crippen molar-refractivity contribution in [2.24, 2.45) is 0 Å². The average Bonchev–Trinajstić information content (AvgIpc) is 2.55. The normalized spacial score (nSPS) is 11.7. The zero-order chi connectivity index (χ0) is 15.8. The van der Waals surface area contributed by atoms with Crippen molar-refractivity contribution in [2.45, 2.75) is 19.6 Å². The van der Waals surface area contributed by atoms with Crippen molar-refractivity contribution < 1.29 is 9.53 Å². The van der Waals surface area contributed by atoms with E-state index in [0.717, 1.165) is 16.8 Å². The topological polar surface area (TPSA) is 63.2 Å². The number of hydrogen-bond donors (Lipinski definition) is 2. The first-order valence-electron chi connectivity index (χ1n) is 7.20. The maximum absolute atomic E-state index is 11.9. The van der Waals surface area contributed by atoms with Gasteiger partial charge in [-0.15, -0.1) is 0 Å². The number of benzene rings is 1. The highest BCUT2D eigenvalue weighted by Crippen LogP contribution is 2.14. The second-order valence-corrected chi connectivity index (χ2v) is 4.97. The third-order valence-electron chi connectivity index (χ3n) is 3.44. The summed E-state index contributed by atoms with van der Waals surface area (Å²) in [6.45, 7) is 2.79. The number of hydrogen-bond acceptors (Lipinski definition) is 3. The molecule has 1 heterocycles. The van der Waals surface area contributed by atoms with Gasteiger partial charge in [0.1, 0.15) is 0 Å². The van der Waals surface area contributed by atoms with E-state index in [2.05, 4.69) is 15.6 Å². The van der Waals surface area contributed by atoms with Crippen LogP contribution >= 0.6 is 0 Å². The summed E-state index contributed by atoms with van der Waals surface area (Å²) < 4.78 is 5.41. The molecule has 1 aromatic heterocycles. The second-order valence-electron chi connectivity index (χ2n) is 4.97. The number of nitrogens with zero attached hydrogens (tertiary/aromatic N) is 1. The van der Waals surface area contributed by atoms with E-state index in [9.17, 15) is 4.79 Å². The van der Waals surface area contributed by atoms with Gasteiger partial charge in [-0.25, -0.2) is 4.79 Å². The average molecular weight is 299 g/mol. The Labute approximate surface area is 130 Å². The lowest BCUT2D eigenvalue weighted by molar-refractivity contribution is 0.104. The van der Waals surface area contributed by atoms with Crippen LogP contribution in [0.1, 0.15) is 22.9 Å². The van der Waals surface area contributed by atoms with Crippen molar-refractivity contribution in [1.82, 2.24) is 15.6 Å². The summed E-state index contributed by atoms with van der Waals surface area (Å²) >= 11 is 0. The van der Waals surface area contributed by atoms with Crippen LogP contribution in [0.5, 0.6) is 0 Å². The predicted octanol–water partition coefficient (Wildman–Crippen LogP) is 2.58. The number of carbonyl (C=O) groups excluding carboxylic acids is 1. The Morgan fingerprint density at radius 3 is 2.64 bits per heavy atom. The standard InChI is InChI=1S/C17H21N3O2/c1-13-7-6-10-18-15(13)11-19-17(21)20-12-16(22-2)14-8-4-3-5-9-14/h3-10,16H,11-12H2,1-2H3,(H2,19,20,21)/t16-/m0/s1. The van der Waals surface area contributed by atoms with E-state index in [1.54, 1.807) is 13.3 Å². The highest BCUT2D eigenvalue weighted by molar-refractivity contribution is 5.73. The molecule has 1 atom stereocenters. The van der Waals surface area contributed by atoms with Gasteiger partial charge < -0.3 is 15.4 Å². The fourth-order valence-corrected chi connectivity index (χ4v) is 2.12. The molecule has 2 rings (SSSR count). The monoisotopic (exact) mass is 299 g/mol. The van der Waals surface area contributed by atoms with Gasteiger partial charge >= 0.3 is 6.03 Å². The molecule has 0 saturated heterocycles. The summed E-state index contributed by atoms with van der Waals surface area (Å²) in [6.07, 6.45) is 1.56. The van der Waals surface area contributed by atoms with Crippen LogP contribution in [0.15, 0.2) is 48.7 Å². The Balaban J connectivity index is 1.81. The van der Waals surface area contributed by atoms with Crippen molar-refractivity contribution in [1.29, 1.82) is 0 Å². The molecule has 0 fully saturated rings. The highest BCUT2D eigenvalue weighted by Gasteiger charge is 2.11. The van der Waals surface area contributed by atoms with Gasteiger partial charge in [-0.2, -0.15) is 0 Å². The van der Waals surface area contributed by atoms with E-state index in [1.807, 2.05) is 49.4 Å². The first-order valence-corrected chi connectivity index (χ1v) is 7.20. The Bertz CT molecular complexity index is 602. The van der Waals surface area contributed by atoms with Gasteiger partial charge in [0.05, 0.1) is 18.3 Å².